The number of esters is 1. The van der Waals surface area contributed by atoms with Crippen LogP contribution in [0.2, 0.25) is 0 Å². The van der Waals surface area contributed by atoms with Crippen LogP contribution in [-0.2, 0) is 22.6 Å². The van der Waals surface area contributed by atoms with Gasteiger partial charge in [0.2, 0.25) is 0 Å². The monoisotopic (exact) mass is 422 g/mol. The van der Waals surface area contributed by atoms with Crippen molar-refractivity contribution in [3.63, 3.8) is 0 Å². The number of ether oxygens (including phenoxy) is 2. The standard InChI is InChI=1S/C24H30N4O3/c1-25-24(26-14-18-8-10-20(11-9-18)23(29)30-2)28-16-21-22(17-28)31-13-12-27(21)15-19-6-4-3-5-7-19/h3-11,21-22H,12-17H2,1-2H3,(H,25,26). The number of rotatable bonds is 5. The maximum Gasteiger partial charge on any atom is 0.337 e. The number of nitrogens with one attached hydrogen (secondary N) is 1. The van der Waals surface area contributed by atoms with Crippen molar-refractivity contribution < 1.29 is 14.3 Å². The summed E-state index contributed by atoms with van der Waals surface area (Å²) < 4.78 is 10.8. The molecule has 0 aliphatic carbocycles. The second-order valence-corrected chi connectivity index (χ2v) is 7.93. The highest BCUT2D eigenvalue weighted by molar-refractivity contribution is 5.89. The van der Waals surface area contributed by atoms with Crippen molar-refractivity contribution in [2.75, 3.05) is 40.4 Å². The van der Waals surface area contributed by atoms with Crippen molar-refractivity contribution >= 4 is 11.9 Å². The fourth-order valence-corrected chi connectivity index (χ4v) is 4.34. The number of nitrogens with zero attached hydrogens (tertiary/aromatic N) is 3. The van der Waals surface area contributed by atoms with Crippen LogP contribution in [-0.4, -0.2) is 74.3 Å². The first-order valence-electron chi connectivity index (χ1n) is 10.7. The zero-order chi connectivity index (χ0) is 21.6. The molecule has 31 heavy (non-hydrogen) atoms. The zero-order valence-electron chi connectivity index (χ0n) is 18.2. The quantitative estimate of drug-likeness (QED) is 0.452. The summed E-state index contributed by atoms with van der Waals surface area (Å²) in [5.41, 5.74) is 2.96. The molecule has 2 atom stereocenters. The van der Waals surface area contributed by atoms with E-state index in [0.717, 1.165) is 44.3 Å². The summed E-state index contributed by atoms with van der Waals surface area (Å²) in [6.07, 6.45) is 0.190. The zero-order valence-corrected chi connectivity index (χ0v) is 18.2. The first kappa shape index (κ1) is 21.3. The summed E-state index contributed by atoms with van der Waals surface area (Å²) in [6, 6.07) is 18.4. The van der Waals surface area contributed by atoms with Crippen LogP contribution in [0.1, 0.15) is 21.5 Å². The minimum Gasteiger partial charge on any atom is -0.465 e. The van der Waals surface area contributed by atoms with Gasteiger partial charge in [-0.1, -0.05) is 42.5 Å². The van der Waals surface area contributed by atoms with Crippen molar-refractivity contribution in [1.82, 2.24) is 15.1 Å². The molecule has 7 heteroatoms. The number of hydrogen-bond acceptors (Lipinski definition) is 5. The van der Waals surface area contributed by atoms with Gasteiger partial charge >= 0.3 is 5.97 Å². The molecule has 7 nitrogen and oxygen atoms in total. The molecule has 2 aromatic rings. The van der Waals surface area contributed by atoms with E-state index in [1.54, 1.807) is 12.1 Å². The van der Waals surface area contributed by atoms with Crippen LogP contribution in [0.3, 0.4) is 0 Å². The normalized spacial score (nSPS) is 21.6. The van der Waals surface area contributed by atoms with Gasteiger partial charge in [-0.05, 0) is 23.3 Å². The van der Waals surface area contributed by atoms with Crippen LogP contribution >= 0.6 is 0 Å². The van der Waals surface area contributed by atoms with Gasteiger partial charge in [0.25, 0.3) is 0 Å². The smallest absolute Gasteiger partial charge is 0.337 e. The molecular formula is C24H30N4O3. The van der Waals surface area contributed by atoms with Gasteiger partial charge in [0, 0.05) is 39.8 Å². The van der Waals surface area contributed by atoms with Crippen LogP contribution in [0, 0.1) is 0 Å². The van der Waals surface area contributed by atoms with Gasteiger partial charge in [0.05, 0.1) is 31.4 Å². The third-order valence-corrected chi connectivity index (χ3v) is 5.98. The van der Waals surface area contributed by atoms with Gasteiger partial charge in [-0.3, -0.25) is 9.89 Å². The van der Waals surface area contributed by atoms with Gasteiger partial charge in [-0.15, -0.1) is 0 Å². The predicted molar refractivity (Wildman–Crippen MR) is 120 cm³/mol. The van der Waals surface area contributed by atoms with Gasteiger partial charge in [0.1, 0.15) is 0 Å². The van der Waals surface area contributed by atoms with E-state index in [9.17, 15) is 4.79 Å². The molecule has 4 rings (SSSR count). The summed E-state index contributed by atoms with van der Waals surface area (Å²) in [4.78, 5) is 20.9. The maximum atomic E-state index is 11.6. The van der Waals surface area contributed by atoms with Crippen LogP contribution in [0.5, 0.6) is 0 Å². The fraction of sp³-hybridized carbons (Fsp3) is 0.417. The molecule has 2 fully saturated rings. The van der Waals surface area contributed by atoms with Gasteiger partial charge in [-0.25, -0.2) is 4.79 Å². The molecule has 164 valence electrons. The van der Waals surface area contributed by atoms with Crippen LogP contribution in [0.25, 0.3) is 0 Å². The Labute approximate surface area is 183 Å². The van der Waals surface area contributed by atoms with Crippen molar-refractivity contribution in [2.24, 2.45) is 4.99 Å². The minimum absolute atomic E-state index is 0.190. The molecule has 2 saturated heterocycles. The average Bonchev–Trinajstić information content (AvgIpc) is 3.25. The molecule has 0 spiro atoms. The number of morpholine rings is 1. The summed E-state index contributed by atoms with van der Waals surface area (Å²) in [5, 5.41) is 3.45. The van der Waals surface area contributed by atoms with E-state index in [2.05, 4.69) is 50.4 Å². The lowest BCUT2D eigenvalue weighted by molar-refractivity contribution is -0.0502. The number of benzene rings is 2. The average molecular weight is 423 g/mol. The lowest BCUT2D eigenvalue weighted by Crippen LogP contribution is -2.50. The molecule has 0 radical (unpaired) electrons. The Morgan fingerprint density at radius 1 is 1.13 bits per heavy atom. The molecule has 2 heterocycles. The number of methoxy groups -OCH3 is 1. The molecule has 2 aromatic carbocycles. The van der Waals surface area contributed by atoms with E-state index in [1.165, 1.54) is 12.7 Å². The van der Waals surface area contributed by atoms with E-state index in [-0.39, 0.29) is 12.1 Å². The first-order valence-corrected chi connectivity index (χ1v) is 10.7. The highest BCUT2D eigenvalue weighted by atomic mass is 16.5. The summed E-state index contributed by atoms with van der Waals surface area (Å²) in [6.45, 7) is 5.00. The Morgan fingerprint density at radius 2 is 1.90 bits per heavy atom. The largest absolute Gasteiger partial charge is 0.465 e. The van der Waals surface area contributed by atoms with E-state index in [0.29, 0.717) is 18.2 Å². The molecule has 2 aliphatic heterocycles. The predicted octanol–water partition coefficient (Wildman–Crippen LogP) is 2.13. The molecule has 0 bridgehead atoms. The molecule has 0 aromatic heterocycles. The lowest BCUT2D eigenvalue weighted by Gasteiger charge is -2.36. The maximum absolute atomic E-state index is 11.6. The number of likely N-dealkylation sites (tertiary alicyclic amines) is 1. The Bertz CT molecular complexity index is 901. The molecule has 2 unspecified atom stereocenters. The molecule has 0 amide bonds. The van der Waals surface area contributed by atoms with Crippen LogP contribution in [0.15, 0.2) is 59.6 Å². The van der Waals surface area contributed by atoms with Crippen molar-refractivity contribution in [1.29, 1.82) is 0 Å². The number of carbonyl (C=O) groups is 1. The molecular weight excluding hydrogens is 392 g/mol. The highest BCUT2D eigenvalue weighted by Gasteiger charge is 2.41. The van der Waals surface area contributed by atoms with E-state index < -0.39 is 0 Å². The SMILES string of the molecule is CN=C(NCc1ccc(C(=O)OC)cc1)N1CC2OCCN(Cc3ccccc3)C2C1. The minimum atomic E-state index is -0.324. The Kier molecular flexibility index (Phi) is 6.84. The number of fused-ring (bicyclic) bond motifs is 1. The van der Waals surface area contributed by atoms with Crippen molar-refractivity contribution in [3.8, 4) is 0 Å². The third-order valence-electron chi connectivity index (χ3n) is 5.98. The molecule has 2 aliphatic rings. The van der Waals surface area contributed by atoms with Crippen LogP contribution < -0.4 is 5.32 Å². The van der Waals surface area contributed by atoms with Crippen LogP contribution in [0.4, 0.5) is 0 Å². The molecule has 1 N–H and O–H groups in total. The number of aliphatic imine (C=N–C) groups is 1. The highest BCUT2D eigenvalue weighted by Crippen LogP contribution is 2.24. The van der Waals surface area contributed by atoms with E-state index in [1.807, 2.05) is 19.2 Å². The Morgan fingerprint density at radius 3 is 2.61 bits per heavy atom. The van der Waals surface area contributed by atoms with Gasteiger partial charge < -0.3 is 19.7 Å². The number of guanidine groups is 1. The first-order chi connectivity index (χ1) is 15.2. The van der Waals surface area contributed by atoms with Crippen molar-refractivity contribution in [2.45, 2.75) is 25.2 Å². The number of carbonyl (C=O) groups excluding carboxylic acids is 1. The van der Waals surface area contributed by atoms with E-state index >= 15 is 0 Å². The fourth-order valence-electron chi connectivity index (χ4n) is 4.34. The summed E-state index contributed by atoms with van der Waals surface area (Å²) >= 11 is 0. The Hall–Kier alpha value is -2.90. The summed E-state index contributed by atoms with van der Waals surface area (Å²) in [7, 11) is 3.20. The second kappa shape index (κ2) is 9.94. The second-order valence-electron chi connectivity index (χ2n) is 7.93. The lowest BCUT2D eigenvalue weighted by atomic mass is 10.1. The molecule has 0 saturated carbocycles. The summed E-state index contributed by atoms with van der Waals surface area (Å²) in [5.74, 6) is 0.546. The third kappa shape index (κ3) is 5.06. The van der Waals surface area contributed by atoms with Gasteiger partial charge in [0.15, 0.2) is 5.96 Å². The number of hydrogen-bond donors (Lipinski definition) is 1. The Balaban J connectivity index is 1.36. The van der Waals surface area contributed by atoms with Gasteiger partial charge in [-0.2, -0.15) is 0 Å². The topological polar surface area (TPSA) is 66.4 Å². The van der Waals surface area contributed by atoms with E-state index in [4.69, 9.17) is 9.47 Å². The van der Waals surface area contributed by atoms with Crippen molar-refractivity contribution in [3.05, 3.63) is 71.3 Å².